The average Bonchev–Trinajstić information content (AvgIpc) is 2.68. The van der Waals surface area contributed by atoms with Crippen molar-refractivity contribution in [2.75, 3.05) is 79.0 Å². The van der Waals surface area contributed by atoms with Gasteiger partial charge in [0, 0.05) is 26.2 Å². The standard InChI is InChI=1S/C18H30N2O8/c1-3-27-17(21)19-5-9-23-13-15-25-11-7-20(18(22)28-4-2)8-12-26-16-14-24-10-6-19/h3-4H,1-2,5-16H2. The SMILES string of the molecule is C=COC(=O)N1CCOCCOCCN(C(=O)OC=C)CCOCCOCC1. The van der Waals surface area contributed by atoms with Gasteiger partial charge in [0.05, 0.1) is 65.4 Å². The molecule has 0 N–H and O–H groups in total. The largest absolute Gasteiger partial charge is 0.419 e. The van der Waals surface area contributed by atoms with Crippen LogP contribution in [0.2, 0.25) is 0 Å². The first kappa shape index (κ1) is 23.9. The number of hydrogen-bond acceptors (Lipinski definition) is 8. The first-order valence-electron chi connectivity index (χ1n) is 9.13. The van der Waals surface area contributed by atoms with Crippen LogP contribution in [-0.4, -0.2) is 101 Å². The van der Waals surface area contributed by atoms with Gasteiger partial charge in [-0.05, 0) is 0 Å². The van der Waals surface area contributed by atoms with Gasteiger partial charge in [-0.3, -0.25) is 0 Å². The van der Waals surface area contributed by atoms with Crippen molar-refractivity contribution in [3.8, 4) is 0 Å². The molecule has 160 valence electrons. The van der Waals surface area contributed by atoms with E-state index in [1.807, 2.05) is 0 Å². The molecule has 10 heteroatoms. The summed E-state index contributed by atoms with van der Waals surface area (Å²) in [4.78, 5) is 26.7. The Labute approximate surface area is 165 Å². The van der Waals surface area contributed by atoms with Crippen LogP contribution in [0.25, 0.3) is 0 Å². The molecule has 0 atom stereocenters. The molecular weight excluding hydrogens is 372 g/mol. The number of carbonyl (C=O) groups is 2. The van der Waals surface area contributed by atoms with Crippen LogP contribution >= 0.6 is 0 Å². The van der Waals surface area contributed by atoms with E-state index in [-0.39, 0.29) is 0 Å². The second-order valence-corrected chi connectivity index (χ2v) is 5.52. The van der Waals surface area contributed by atoms with Crippen molar-refractivity contribution in [1.82, 2.24) is 9.80 Å². The van der Waals surface area contributed by atoms with Gasteiger partial charge < -0.3 is 38.2 Å². The lowest BCUT2D eigenvalue weighted by molar-refractivity contribution is 0.00997. The minimum absolute atomic E-state index is 0.330. The number of rotatable bonds is 2. The number of amides is 2. The van der Waals surface area contributed by atoms with Crippen molar-refractivity contribution in [2.45, 2.75) is 0 Å². The molecule has 0 unspecified atom stereocenters. The highest BCUT2D eigenvalue weighted by Crippen LogP contribution is 1.98. The van der Waals surface area contributed by atoms with Crippen molar-refractivity contribution in [1.29, 1.82) is 0 Å². The van der Waals surface area contributed by atoms with Gasteiger partial charge in [-0.15, -0.1) is 0 Å². The van der Waals surface area contributed by atoms with Crippen LogP contribution in [0.15, 0.2) is 25.7 Å². The molecule has 0 aromatic rings. The molecule has 1 aliphatic heterocycles. The van der Waals surface area contributed by atoms with Crippen LogP contribution in [0.1, 0.15) is 0 Å². The summed E-state index contributed by atoms with van der Waals surface area (Å²) in [6, 6.07) is 0. The third-order valence-corrected chi connectivity index (χ3v) is 3.65. The highest BCUT2D eigenvalue weighted by Gasteiger charge is 2.15. The summed E-state index contributed by atoms with van der Waals surface area (Å²) < 4.78 is 31.5. The first-order valence-corrected chi connectivity index (χ1v) is 9.13. The topological polar surface area (TPSA) is 96.0 Å². The Hall–Kier alpha value is -2.14. The fourth-order valence-electron chi connectivity index (χ4n) is 2.22. The van der Waals surface area contributed by atoms with Gasteiger partial charge in [0.1, 0.15) is 0 Å². The van der Waals surface area contributed by atoms with Gasteiger partial charge in [-0.25, -0.2) is 9.59 Å². The minimum Gasteiger partial charge on any atom is -0.419 e. The lowest BCUT2D eigenvalue weighted by Crippen LogP contribution is -2.37. The van der Waals surface area contributed by atoms with Crippen molar-refractivity contribution in [3.05, 3.63) is 25.7 Å². The maximum atomic E-state index is 11.9. The van der Waals surface area contributed by atoms with Crippen molar-refractivity contribution >= 4 is 12.2 Å². The smallest absolute Gasteiger partial charge is 0.414 e. The van der Waals surface area contributed by atoms with Crippen molar-refractivity contribution in [2.24, 2.45) is 0 Å². The molecule has 0 aromatic carbocycles. The van der Waals surface area contributed by atoms with E-state index in [9.17, 15) is 9.59 Å². The molecule has 28 heavy (non-hydrogen) atoms. The van der Waals surface area contributed by atoms with E-state index < -0.39 is 12.2 Å². The highest BCUT2D eigenvalue weighted by atomic mass is 16.6. The number of nitrogens with zero attached hydrogens (tertiary/aromatic N) is 2. The van der Waals surface area contributed by atoms with E-state index in [0.29, 0.717) is 79.0 Å². The zero-order chi connectivity index (χ0) is 20.5. The summed E-state index contributed by atoms with van der Waals surface area (Å²) in [5, 5.41) is 0. The van der Waals surface area contributed by atoms with Crippen LogP contribution in [0, 0.1) is 0 Å². The molecule has 0 spiro atoms. The van der Waals surface area contributed by atoms with E-state index in [2.05, 4.69) is 13.2 Å². The zero-order valence-electron chi connectivity index (χ0n) is 16.2. The summed E-state index contributed by atoms with van der Waals surface area (Å²) in [5.41, 5.74) is 0. The molecule has 1 saturated heterocycles. The third-order valence-electron chi connectivity index (χ3n) is 3.65. The summed E-state index contributed by atoms with van der Waals surface area (Å²) >= 11 is 0. The summed E-state index contributed by atoms with van der Waals surface area (Å²) in [7, 11) is 0. The number of hydrogen-bond donors (Lipinski definition) is 0. The van der Waals surface area contributed by atoms with Gasteiger partial charge in [0.15, 0.2) is 0 Å². The third kappa shape index (κ3) is 10.9. The zero-order valence-corrected chi connectivity index (χ0v) is 16.2. The normalized spacial score (nSPS) is 19.0. The fraction of sp³-hybridized carbons (Fsp3) is 0.667. The molecule has 0 bridgehead atoms. The molecule has 1 fully saturated rings. The molecule has 1 heterocycles. The van der Waals surface area contributed by atoms with Crippen molar-refractivity contribution < 1.29 is 38.0 Å². The Bertz CT molecular complexity index is 413. The summed E-state index contributed by atoms with van der Waals surface area (Å²) in [5.74, 6) is 0. The van der Waals surface area contributed by atoms with E-state index in [4.69, 9.17) is 28.4 Å². The lowest BCUT2D eigenvalue weighted by Gasteiger charge is -2.22. The van der Waals surface area contributed by atoms with Crippen LogP contribution in [0.5, 0.6) is 0 Å². The van der Waals surface area contributed by atoms with Gasteiger partial charge in [0.2, 0.25) is 0 Å². The second-order valence-electron chi connectivity index (χ2n) is 5.52. The molecule has 2 amide bonds. The maximum absolute atomic E-state index is 11.9. The van der Waals surface area contributed by atoms with E-state index in [1.165, 1.54) is 9.80 Å². The minimum atomic E-state index is -0.504. The molecule has 0 aliphatic carbocycles. The van der Waals surface area contributed by atoms with Crippen LogP contribution in [-0.2, 0) is 28.4 Å². The molecule has 0 saturated carbocycles. The van der Waals surface area contributed by atoms with Crippen molar-refractivity contribution in [3.63, 3.8) is 0 Å². The predicted molar refractivity (Wildman–Crippen MR) is 99.8 cm³/mol. The Balaban J connectivity index is 2.47. The van der Waals surface area contributed by atoms with Gasteiger partial charge >= 0.3 is 12.2 Å². The second kappa shape index (κ2) is 15.9. The number of carbonyl (C=O) groups excluding carboxylic acids is 2. The molecular formula is C18H30N2O8. The molecule has 10 nitrogen and oxygen atoms in total. The van der Waals surface area contributed by atoms with E-state index >= 15 is 0 Å². The summed E-state index contributed by atoms with van der Waals surface area (Å²) in [6.07, 6.45) is 1.17. The predicted octanol–water partition coefficient (Wildman–Crippen LogP) is 1.23. The molecule has 1 aliphatic rings. The highest BCUT2D eigenvalue weighted by molar-refractivity contribution is 5.68. The lowest BCUT2D eigenvalue weighted by atomic mass is 10.5. The van der Waals surface area contributed by atoms with E-state index in [1.54, 1.807) is 0 Å². The van der Waals surface area contributed by atoms with Crippen LogP contribution in [0.3, 0.4) is 0 Å². The quantitative estimate of drug-likeness (QED) is 0.637. The van der Waals surface area contributed by atoms with Gasteiger partial charge in [-0.2, -0.15) is 0 Å². The average molecular weight is 402 g/mol. The number of ether oxygens (including phenoxy) is 6. The fourth-order valence-corrected chi connectivity index (χ4v) is 2.22. The molecule has 0 radical (unpaired) electrons. The summed E-state index contributed by atoms with van der Waals surface area (Å²) in [6.45, 7) is 10.9. The van der Waals surface area contributed by atoms with Crippen LogP contribution in [0.4, 0.5) is 9.59 Å². The van der Waals surface area contributed by atoms with Crippen LogP contribution < -0.4 is 0 Å². The van der Waals surface area contributed by atoms with Gasteiger partial charge in [-0.1, -0.05) is 13.2 Å². The van der Waals surface area contributed by atoms with E-state index in [0.717, 1.165) is 12.5 Å². The molecule has 0 aromatic heterocycles. The Morgan fingerprint density at radius 2 is 0.893 bits per heavy atom. The molecule has 1 rings (SSSR count). The Kier molecular flexibility index (Phi) is 13.5. The van der Waals surface area contributed by atoms with Gasteiger partial charge in [0.25, 0.3) is 0 Å². The first-order chi connectivity index (χ1) is 13.7. The maximum Gasteiger partial charge on any atom is 0.414 e. The monoisotopic (exact) mass is 402 g/mol. The Morgan fingerprint density at radius 3 is 1.14 bits per heavy atom. The Morgan fingerprint density at radius 1 is 0.607 bits per heavy atom.